The van der Waals surface area contributed by atoms with E-state index in [9.17, 15) is 14.7 Å². The van der Waals surface area contributed by atoms with Gasteiger partial charge in [-0.1, -0.05) is 35.9 Å². The second kappa shape index (κ2) is 8.45. The average Bonchev–Trinajstić information content (AvgIpc) is 3.40. The van der Waals surface area contributed by atoms with Crippen molar-refractivity contribution in [3.05, 3.63) is 81.0 Å². The van der Waals surface area contributed by atoms with Gasteiger partial charge >= 0.3 is 0 Å². The number of carbonyl (C=O) groups excluding carboxylic acids is 2. The van der Waals surface area contributed by atoms with Gasteiger partial charge in [-0.15, -0.1) is 11.3 Å². The molecule has 0 saturated carbocycles. The van der Waals surface area contributed by atoms with Crippen molar-refractivity contribution in [2.45, 2.75) is 6.04 Å². The number of hydrogen-bond acceptors (Lipinski definition) is 6. The Morgan fingerprint density at radius 3 is 2.35 bits per heavy atom. The molecule has 1 aliphatic rings. The van der Waals surface area contributed by atoms with Crippen molar-refractivity contribution in [3.63, 3.8) is 0 Å². The number of ether oxygens (including phenoxy) is 2. The van der Waals surface area contributed by atoms with Crippen molar-refractivity contribution in [1.29, 1.82) is 0 Å². The van der Waals surface area contributed by atoms with Crippen LogP contribution < -0.4 is 14.4 Å². The van der Waals surface area contributed by atoms with E-state index in [2.05, 4.69) is 0 Å². The molecule has 4 rings (SSSR count). The highest BCUT2D eigenvalue weighted by atomic mass is 35.5. The lowest BCUT2D eigenvalue weighted by molar-refractivity contribution is -0.132. The maximum atomic E-state index is 13.1. The van der Waals surface area contributed by atoms with Gasteiger partial charge < -0.3 is 14.6 Å². The largest absolute Gasteiger partial charge is 0.507 e. The first-order chi connectivity index (χ1) is 15.0. The van der Waals surface area contributed by atoms with E-state index in [-0.39, 0.29) is 27.7 Å². The van der Waals surface area contributed by atoms with Gasteiger partial charge in [0, 0.05) is 16.6 Å². The summed E-state index contributed by atoms with van der Waals surface area (Å²) in [6.45, 7) is 0. The Bertz CT molecular complexity index is 1170. The zero-order chi connectivity index (χ0) is 22.1. The summed E-state index contributed by atoms with van der Waals surface area (Å²) in [7, 11) is 2.87. The molecule has 0 spiro atoms. The Hall–Kier alpha value is -3.29. The van der Waals surface area contributed by atoms with Crippen molar-refractivity contribution in [1.82, 2.24) is 0 Å². The van der Waals surface area contributed by atoms with Crippen LogP contribution in [0, 0.1) is 0 Å². The van der Waals surface area contributed by atoms with Crippen LogP contribution >= 0.6 is 22.9 Å². The number of para-hydroxylation sites is 1. The van der Waals surface area contributed by atoms with Gasteiger partial charge in [0.15, 0.2) is 0 Å². The molecule has 1 unspecified atom stereocenters. The normalized spacial score (nSPS) is 17.8. The van der Waals surface area contributed by atoms with Crippen LogP contribution in [-0.4, -0.2) is 31.0 Å². The fraction of sp³-hybridized carbons (Fsp3) is 0.130. The standard InChI is InChI=1S/C23H18ClNO5S/c1-29-16-12-15(24)17(30-2)11-14(16)21(26)19-20(18-9-6-10-31-18)25(23(28)22(19)27)13-7-4-3-5-8-13/h3-12,20,26H,1-2H3/b21-19+. The summed E-state index contributed by atoms with van der Waals surface area (Å²) in [5.74, 6) is -1.31. The van der Waals surface area contributed by atoms with Gasteiger partial charge in [-0.2, -0.15) is 0 Å². The lowest BCUT2D eigenvalue weighted by Crippen LogP contribution is -2.29. The molecule has 31 heavy (non-hydrogen) atoms. The summed E-state index contributed by atoms with van der Waals surface area (Å²) < 4.78 is 10.6. The van der Waals surface area contributed by atoms with E-state index in [1.807, 2.05) is 23.6 Å². The van der Waals surface area contributed by atoms with Crippen LogP contribution in [0.3, 0.4) is 0 Å². The molecule has 1 saturated heterocycles. The first-order valence-corrected chi connectivity index (χ1v) is 10.5. The molecule has 2 heterocycles. The Morgan fingerprint density at radius 2 is 1.74 bits per heavy atom. The number of hydrogen-bond donors (Lipinski definition) is 1. The molecule has 8 heteroatoms. The van der Waals surface area contributed by atoms with E-state index in [0.29, 0.717) is 11.4 Å². The topological polar surface area (TPSA) is 76.1 Å². The van der Waals surface area contributed by atoms with Gasteiger partial charge in [-0.3, -0.25) is 14.5 Å². The highest BCUT2D eigenvalue weighted by Crippen LogP contribution is 2.45. The van der Waals surface area contributed by atoms with Crippen LogP contribution in [0.1, 0.15) is 16.5 Å². The van der Waals surface area contributed by atoms with Crippen LogP contribution in [0.2, 0.25) is 5.02 Å². The number of benzene rings is 2. The lowest BCUT2D eigenvalue weighted by Gasteiger charge is -2.24. The maximum Gasteiger partial charge on any atom is 0.300 e. The summed E-state index contributed by atoms with van der Waals surface area (Å²) in [6.07, 6.45) is 0. The number of Topliss-reactive ketones (excluding diaryl/α,β-unsaturated/α-hetero) is 1. The number of aliphatic hydroxyl groups is 1. The molecular formula is C23H18ClNO5S. The smallest absolute Gasteiger partial charge is 0.300 e. The molecule has 1 aromatic heterocycles. The molecule has 1 aliphatic heterocycles. The summed E-state index contributed by atoms with van der Waals surface area (Å²) in [6, 6.07) is 14.7. The average molecular weight is 456 g/mol. The van der Waals surface area contributed by atoms with E-state index < -0.39 is 17.7 Å². The van der Waals surface area contributed by atoms with Crippen molar-refractivity contribution in [2.24, 2.45) is 0 Å². The van der Waals surface area contributed by atoms with Crippen LogP contribution in [0.5, 0.6) is 11.5 Å². The zero-order valence-corrected chi connectivity index (χ0v) is 18.2. The minimum Gasteiger partial charge on any atom is -0.507 e. The highest BCUT2D eigenvalue weighted by molar-refractivity contribution is 7.10. The quantitative estimate of drug-likeness (QED) is 0.331. The van der Waals surface area contributed by atoms with Crippen molar-refractivity contribution in [3.8, 4) is 11.5 Å². The van der Waals surface area contributed by atoms with Gasteiger partial charge in [0.05, 0.1) is 30.4 Å². The first-order valence-electron chi connectivity index (χ1n) is 9.29. The van der Waals surface area contributed by atoms with Gasteiger partial charge in [-0.05, 0) is 29.6 Å². The molecule has 1 N–H and O–H groups in total. The molecule has 158 valence electrons. The Labute approximate surface area is 187 Å². The minimum absolute atomic E-state index is 0.0287. The van der Waals surface area contributed by atoms with Gasteiger partial charge in [0.25, 0.3) is 11.7 Å². The SMILES string of the molecule is COc1cc(/C(O)=C2\C(=O)C(=O)N(c3ccccc3)C2c2cccs2)c(OC)cc1Cl. The molecule has 0 aliphatic carbocycles. The number of halogens is 1. The monoisotopic (exact) mass is 455 g/mol. The Morgan fingerprint density at radius 1 is 1.03 bits per heavy atom. The molecule has 1 amide bonds. The minimum atomic E-state index is -0.784. The third-order valence-electron chi connectivity index (χ3n) is 5.02. The summed E-state index contributed by atoms with van der Waals surface area (Å²) in [4.78, 5) is 28.3. The molecular weight excluding hydrogens is 438 g/mol. The third kappa shape index (κ3) is 3.56. The summed E-state index contributed by atoms with van der Waals surface area (Å²) in [5.41, 5.74) is 0.734. The fourth-order valence-corrected chi connectivity index (χ4v) is 4.65. The number of anilines is 1. The summed E-state index contributed by atoms with van der Waals surface area (Å²) in [5, 5.41) is 13.4. The number of rotatable bonds is 5. The number of thiophene rings is 1. The maximum absolute atomic E-state index is 13.1. The van der Waals surface area contributed by atoms with E-state index >= 15 is 0 Å². The molecule has 1 atom stereocenters. The molecule has 0 radical (unpaired) electrons. The van der Waals surface area contributed by atoms with E-state index in [4.69, 9.17) is 21.1 Å². The second-order valence-electron chi connectivity index (χ2n) is 6.71. The number of methoxy groups -OCH3 is 2. The van der Waals surface area contributed by atoms with Crippen molar-refractivity contribution in [2.75, 3.05) is 19.1 Å². The van der Waals surface area contributed by atoms with Crippen molar-refractivity contribution >= 4 is 46.1 Å². The predicted octanol–water partition coefficient (Wildman–Crippen LogP) is 5.05. The highest BCUT2D eigenvalue weighted by Gasteiger charge is 2.47. The molecule has 1 fully saturated rings. The van der Waals surface area contributed by atoms with E-state index in [1.165, 1.54) is 42.6 Å². The van der Waals surface area contributed by atoms with Crippen molar-refractivity contribution < 1.29 is 24.2 Å². The van der Waals surface area contributed by atoms with E-state index in [1.54, 1.807) is 24.3 Å². The Balaban J connectivity index is 1.97. The molecule has 0 bridgehead atoms. The number of carbonyl (C=O) groups is 2. The van der Waals surface area contributed by atoms with Gasteiger partial charge in [-0.25, -0.2) is 0 Å². The number of amides is 1. The second-order valence-corrected chi connectivity index (χ2v) is 8.09. The Kier molecular flexibility index (Phi) is 5.71. The summed E-state index contributed by atoms with van der Waals surface area (Å²) >= 11 is 7.57. The third-order valence-corrected chi connectivity index (χ3v) is 6.24. The molecule has 2 aromatic carbocycles. The van der Waals surface area contributed by atoms with Crippen LogP contribution in [0.25, 0.3) is 5.76 Å². The molecule has 6 nitrogen and oxygen atoms in total. The van der Waals surface area contributed by atoms with E-state index in [0.717, 1.165) is 4.88 Å². The fourth-order valence-electron chi connectivity index (χ4n) is 3.59. The van der Waals surface area contributed by atoms with Gasteiger partial charge in [0.2, 0.25) is 0 Å². The van der Waals surface area contributed by atoms with Crippen LogP contribution in [0.4, 0.5) is 5.69 Å². The number of ketones is 1. The lowest BCUT2D eigenvalue weighted by atomic mass is 9.99. The number of aliphatic hydroxyl groups excluding tert-OH is 1. The van der Waals surface area contributed by atoms with Gasteiger partial charge in [0.1, 0.15) is 23.3 Å². The van der Waals surface area contributed by atoms with Crippen LogP contribution in [0.15, 0.2) is 65.6 Å². The zero-order valence-electron chi connectivity index (χ0n) is 16.7. The predicted molar refractivity (Wildman–Crippen MR) is 120 cm³/mol. The number of nitrogens with zero attached hydrogens (tertiary/aromatic N) is 1. The first kappa shape index (κ1) is 21.0. The molecule has 3 aromatic rings. The van der Waals surface area contributed by atoms with Crippen LogP contribution in [-0.2, 0) is 9.59 Å².